The van der Waals surface area contributed by atoms with Gasteiger partial charge in [-0.2, -0.15) is 4.99 Å². The Morgan fingerprint density at radius 1 is 1.07 bits per heavy atom. The van der Waals surface area contributed by atoms with Gasteiger partial charge in [0.2, 0.25) is 0 Å². The van der Waals surface area contributed by atoms with E-state index in [4.69, 9.17) is 4.74 Å². The second kappa shape index (κ2) is 7.88. The number of ether oxygens (including phenoxy) is 1. The zero-order valence-electron chi connectivity index (χ0n) is 15.9. The van der Waals surface area contributed by atoms with E-state index < -0.39 is 0 Å². The molecule has 3 rings (SSSR count). The molecule has 0 aliphatic heterocycles. The third-order valence-electron chi connectivity index (χ3n) is 4.56. The SMILES string of the molecule is COC(=O)CCn1c(=NC(=O)c2ccc(C)c(C)c2)sc2cc(C)ccc21. The van der Waals surface area contributed by atoms with Gasteiger partial charge in [-0.3, -0.25) is 9.59 Å². The first-order valence-electron chi connectivity index (χ1n) is 8.72. The molecule has 0 unspecified atom stereocenters. The summed E-state index contributed by atoms with van der Waals surface area (Å²) >= 11 is 1.45. The van der Waals surface area contributed by atoms with Crippen molar-refractivity contribution in [2.45, 2.75) is 33.7 Å². The van der Waals surface area contributed by atoms with E-state index in [-0.39, 0.29) is 18.3 Å². The maximum atomic E-state index is 12.7. The van der Waals surface area contributed by atoms with Gasteiger partial charge in [0.1, 0.15) is 0 Å². The van der Waals surface area contributed by atoms with Crippen LogP contribution < -0.4 is 4.80 Å². The summed E-state index contributed by atoms with van der Waals surface area (Å²) in [6.07, 6.45) is 0.223. The molecule has 5 nitrogen and oxygen atoms in total. The van der Waals surface area contributed by atoms with Crippen molar-refractivity contribution < 1.29 is 14.3 Å². The number of thiazole rings is 1. The second-order valence-corrected chi connectivity index (χ2v) is 7.56. The highest BCUT2D eigenvalue weighted by molar-refractivity contribution is 7.16. The van der Waals surface area contributed by atoms with Crippen LogP contribution >= 0.6 is 11.3 Å². The van der Waals surface area contributed by atoms with Crippen molar-refractivity contribution in [3.05, 3.63) is 63.5 Å². The number of fused-ring (bicyclic) bond motifs is 1. The van der Waals surface area contributed by atoms with E-state index in [1.807, 2.05) is 49.6 Å². The number of aromatic nitrogens is 1. The maximum absolute atomic E-state index is 12.7. The molecule has 140 valence electrons. The summed E-state index contributed by atoms with van der Waals surface area (Å²) in [5.74, 6) is -0.575. The largest absolute Gasteiger partial charge is 0.469 e. The van der Waals surface area contributed by atoms with Crippen molar-refractivity contribution >= 4 is 33.4 Å². The monoisotopic (exact) mass is 382 g/mol. The topological polar surface area (TPSA) is 60.7 Å². The molecule has 27 heavy (non-hydrogen) atoms. The van der Waals surface area contributed by atoms with Gasteiger partial charge in [0.05, 0.1) is 23.7 Å². The Morgan fingerprint density at radius 2 is 1.85 bits per heavy atom. The molecule has 0 N–H and O–H groups in total. The third kappa shape index (κ3) is 4.17. The fraction of sp³-hybridized carbons (Fsp3) is 0.286. The molecular formula is C21H22N2O3S. The lowest BCUT2D eigenvalue weighted by atomic mass is 10.1. The van der Waals surface area contributed by atoms with Gasteiger partial charge in [0, 0.05) is 12.1 Å². The lowest BCUT2D eigenvalue weighted by Gasteiger charge is -2.05. The normalized spacial score (nSPS) is 11.8. The Balaban J connectivity index is 2.07. The Morgan fingerprint density at radius 3 is 2.56 bits per heavy atom. The van der Waals surface area contributed by atoms with Gasteiger partial charge in [-0.25, -0.2) is 0 Å². The molecule has 0 spiro atoms. The van der Waals surface area contributed by atoms with E-state index in [9.17, 15) is 9.59 Å². The van der Waals surface area contributed by atoms with Crippen LogP contribution in [0.15, 0.2) is 41.4 Å². The Kier molecular flexibility index (Phi) is 5.56. The average Bonchev–Trinajstić information content (AvgIpc) is 2.97. The van der Waals surface area contributed by atoms with Crippen molar-refractivity contribution in [1.82, 2.24) is 4.57 Å². The van der Waals surface area contributed by atoms with Crippen LogP contribution in [0.4, 0.5) is 0 Å². The number of methoxy groups -OCH3 is 1. The highest BCUT2D eigenvalue weighted by Gasteiger charge is 2.11. The number of carbonyl (C=O) groups excluding carboxylic acids is 2. The molecule has 0 fully saturated rings. The molecule has 0 aliphatic carbocycles. The van der Waals surface area contributed by atoms with Crippen LogP contribution in [-0.4, -0.2) is 23.6 Å². The van der Waals surface area contributed by atoms with E-state index in [0.29, 0.717) is 16.9 Å². The average molecular weight is 382 g/mol. The minimum atomic E-state index is -0.291. The number of carbonyl (C=O) groups is 2. The number of hydrogen-bond acceptors (Lipinski definition) is 4. The summed E-state index contributed by atoms with van der Waals surface area (Å²) in [4.78, 5) is 29.2. The highest BCUT2D eigenvalue weighted by Crippen LogP contribution is 2.20. The number of nitrogens with zero attached hydrogens (tertiary/aromatic N) is 2. The zero-order chi connectivity index (χ0) is 19.6. The maximum Gasteiger partial charge on any atom is 0.307 e. The number of esters is 1. The first-order valence-corrected chi connectivity index (χ1v) is 9.54. The molecule has 0 atom stereocenters. The molecule has 0 saturated heterocycles. The molecule has 2 aromatic carbocycles. The van der Waals surface area contributed by atoms with Crippen LogP contribution in [0.3, 0.4) is 0 Å². The van der Waals surface area contributed by atoms with Crippen molar-refractivity contribution in [1.29, 1.82) is 0 Å². The number of rotatable bonds is 4. The third-order valence-corrected chi connectivity index (χ3v) is 5.60. The Bertz CT molecular complexity index is 1090. The van der Waals surface area contributed by atoms with Crippen molar-refractivity contribution in [3.63, 3.8) is 0 Å². The zero-order valence-corrected chi connectivity index (χ0v) is 16.7. The second-order valence-electron chi connectivity index (χ2n) is 6.55. The van der Waals surface area contributed by atoms with Gasteiger partial charge in [0.25, 0.3) is 5.91 Å². The van der Waals surface area contributed by atoms with Crippen LogP contribution in [0, 0.1) is 20.8 Å². The minimum absolute atomic E-state index is 0.223. The summed E-state index contributed by atoms with van der Waals surface area (Å²) < 4.78 is 7.69. The van der Waals surface area contributed by atoms with E-state index in [1.165, 1.54) is 18.4 Å². The standard InChI is InChI=1S/C21H22N2O3S/c1-13-5-8-17-18(11-13)27-21(23(17)10-9-19(24)26-4)22-20(25)16-7-6-14(2)15(3)12-16/h5-8,11-12H,9-10H2,1-4H3. The Hall–Kier alpha value is -2.73. The van der Waals surface area contributed by atoms with Crippen LogP contribution in [0.2, 0.25) is 0 Å². The molecule has 0 aliphatic rings. The summed E-state index contributed by atoms with van der Waals surface area (Å²) in [5.41, 5.74) is 4.85. The molecule has 1 aromatic heterocycles. The molecule has 0 radical (unpaired) electrons. The quantitative estimate of drug-likeness (QED) is 0.642. The summed E-state index contributed by atoms with van der Waals surface area (Å²) in [5, 5.41) is 0. The summed E-state index contributed by atoms with van der Waals surface area (Å²) in [7, 11) is 1.37. The molecule has 0 bridgehead atoms. The predicted octanol–water partition coefficient (Wildman–Crippen LogP) is 3.93. The number of hydrogen-bond donors (Lipinski definition) is 0. The van der Waals surface area contributed by atoms with Crippen LogP contribution in [0.5, 0.6) is 0 Å². The summed E-state index contributed by atoms with van der Waals surface area (Å²) in [6.45, 7) is 6.42. The van der Waals surface area contributed by atoms with Gasteiger partial charge in [-0.1, -0.05) is 23.5 Å². The van der Waals surface area contributed by atoms with Crippen molar-refractivity contribution in [3.8, 4) is 0 Å². The van der Waals surface area contributed by atoms with Crippen molar-refractivity contribution in [2.75, 3.05) is 7.11 Å². The number of amides is 1. The van der Waals surface area contributed by atoms with Crippen molar-refractivity contribution in [2.24, 2.45) is 4.99 Å². The van der Waals surface area contributed by atoms with Crippen LogP contribution in [0.1, 0.15) is 33.5 Å². The fourth-order valence-corrected chi connectivity index (χ4v) is 3.97. The van der Waals surface area contributed by atoms with E-state index in [1.54, 1.807) is 6.07 Å². The van der Waals surface area contributed by atoms with Gasteiger partial charge in [-0.05, 0) is 61.7 Å². The Labute approximate surface area is 161 Å². The van der Waals surface area contributed by atoms with Gasteiger partial charge < -0.3 is 9.30 Å². The molecule has 0 saturated carbocycles. The number of benzene rings is 2. The minimum Gasteiger partial charge on any atom is -0.469 e. The van der Waals surface area contributed by atoms with Crippen LogP contribution in [0.25, 0.3) is 10.2 Å². The lowest BCUT2D eigenvalue weighted by Crippen LogP contribution is -2.19. The molecule has 6 heteroatoms. The first-order chi connectivity index (χ1) is 12.9. The van der Waals surface area contributed by atoms with E-state index in [0.717, 1.165) is 26.9 Å². The highest BCUT2D eigenvalue weighted by atomic mass is 32.1. The predicted molar refractivity (Wildman–Crippen MR) is 107 cm³/mol. The van der Waals surface area contributed by atoms with Crippen LogP contribution in [-0.2, 0) is 16.1 Å². The molecule has 1 heterocycles. The number of aryl methyl sites for hydroxylation is 4. The van der Waals surface area contributed by atoms with Gasteiger partial charge in [0.15, 0.2) is 4.80 Å². The van der Waals surface area contributed by atoms with Gasteiger partial charge >= 0.3 is 5.97 Å². The molecular weight excluding hydrogens is 360 g/mol. The van der Waals surface area contributed by atoms with Gasteiger partial charge in [-0.15, -0.1) is 0 Å². The first kappa shape index (κ1) is 19.0. The van der Waals surface area contributed by atoms with E-state index in [2.05, 4.69) is 11.1 Å². The molecule has 1 amide bonds. The smallest absolute Gasteiger partial charge is 0.307 e. The molecule has 3 aromatic rings. The van der Waals surface area contributed by atoms with E-state index >= 15 is 0 Å². The summed E-state index contributed by atoms with van der Waals surface area (Å²) in [6, 6.07) is 11.7. The lowest BCUT2D eigenvalue weighted by molar-refractivity contribution is -0.140. The fourth-order valence-electron chi connectivity index (χ4n) is 2.81.